The molecule has 4 aromatic rings. The third-order valence-electron chi connectivity index (χ3n) is 5.05. The van der Waals surface area contributed by atoms with E-state index >= 15 is 0 Å². The molecule has 0 aliphatic rings. The number of ether oxygens (including phenoxy) is 1. The van der Waals surface area contributed by atoms with Crippen LogP contribution in [0.15, 0.2) is 42.5 Å². The topological polar surface area (TPSA) is 83.0 Å². The summed E-state index contributed by atoms with van der Waals surface area (Å²) in [6.07, 6.45) is 0.505. The fourth-order valence-corrected chi connectivity index (χ4v) is 3.53. The van der Waals surface area contributed by atoms with Crippen LogP contribution in [0.1, 0.15) is 41.8 Å². The monoisotopic (exact) mass is 388 g/mol. The van der Waals surface area contributed by atoms with Crippen molar-refractivity contribution in [2.75, 3.05) is 5.73 Å². The smallest absolute Gasteiger partial charge is 0.344 e. The summed E-state index contributed by atoms with van der Waals surface area (Å²) in [6.45, 7) is 7.88. The van der Waals surface area contributed by atoms with Crippen LogP contribution in [0.3, 0.4) is 0 Å². The third kappa shape index (κ3) is 3.31. The van der Waals surface area contributed by atoms with Crippen LogP contribution in [-0.4, -0.2) is 26.6 Å². The summed E-state index contributed by atoms with van der Waals surface area (Å²) in [7, 11) is 0. The van der Waals surface area contributed by atoms with Gasteiger partial charge in [0.25, 0.3) is 0 Å². The second-order valence-corrected chi connectivity index (χ2v) is 7.45. The number of hydrogen-bond donors (Lipinski definition) is 1. The molecule has 1 atom stereocenters. The van der Waals surface area contributed by atoms with Crippen molar-refractivity contribution in [1.29, 1.82) is 0 Å². The van der Waals surface area contributed by atoms with E-state index < -0.39 is 5.97 Å². The molecular weight excluding hydrogens is 364 g/mol. The molecule has 2 heterocycles. The maximum atomic E-state index is 13.0. The van der Waals surface area contributed by atoms with Crippen molar-refractivity contribution in [2.24, 2.45) is 0 Å². The fraction of sp³-hybridized carbons (Fsp3) is 0.261. The van der Waals surface area contributed by atoms with E-state index in [2.05, 4.69) is 6.07 Å². The molecule has 0 aliphatic heterocycles. The van der Waals surface area contributed by atoms with Gasteiger partial charge < -0.3 is 10.5 Å². The number of aryl methyl sites for hydroxylation is 2. The Hall–Kier alpha value is -3.41. The van der Waals surface area contributed by atoms with Crippen LogP contribution in [-0.2, 0) is 4.74 Å². The van der Waals surface area contributed by atoms with Crippen LogP contribution in [0.2, 0.25) is 0 Å². The summed E-state index contributed by atoms with van der Waals surface area (Å²) in [4.78, 5) is 22.5. The van der Waals surface area contributed by atoms with Crippen LogP contribution in [0.5, 0.6) is 0 Å². The lowest BCUT2D eigenvalue weighted by atomic mass is 10.1. The summed E-state index contributed by atoms with van der Waals surface area (Å²) in [5.74, 6) is -0.192. The van der Waals surface area contributed by atoms with Gasteiger partial charge >= 0.3 is 5.97 Å². The third-order valence-corrected chi connectivity index (χ3v) is 5.05. The molecule has 29 heavy (non-hydrogen) atoms. The highest BCUT2D eigenvalue weighted by Gasteiger charge is 2.26. The average Bonchev–Trinajstić information content (AvgIpc) is 2.96. The summed E-state index contributed by atoms with van der Waals surface area (Å²) in [6, 6.07) is 13.7. The van der Waals surface area contributed by atoms with Crippen molar-refractivity contribution in [3.05, 3.63) is 59.2 Å². The zero-order valence-electron chi connectivity index (χ0n) is 17.1. The number of esters is 1. The van der Waals surface area contributed by atoms with E-state index in [4.69, 9.17) is 20.4 Å². The van der Waals surface area contributed by atoms with Crippen LogP contribution in [0.25, 0.3) is 27.9 Å². The summed E-state index contributed by atoms with van der Waals surface area (Å²) >= 11 is 0. The Balaban J connectivity index is 2.05. The molecular formula is C23H24N4O2. The molecule has 2 aromatic heterocycles. The molecule has 0 amide bonds. The Kier molecular flexibility index (Phi) is 4.70. The van der Waals surface area contributed by atoms with Gasteiger partial charge in [0.05, 0.1) is 17.1 Å². The summed E-state index contributed by atoms with van der Waals surface area (Å²) < 4.78 is 7.38. The fourth-order valence-electron chi connectivity index (χ4n) is 3.53. The number of para-hydroxylation sites is 2. The second-order valence-electron chi connectivity index (χ2n) is 7.45. The number of benzene rings is 2. The highest BCUT2D eigenvalue weighted by Crippen LogP contribution is 2.32. The number of rotatable bonds is 4. The average molecular weight is 388 g/mol. The van der Waals surface area contributed by atoms with Gasteiger partial charge in [-0.2, -0.15) is 0 Å². The lowest BCUT2D eigenvalue weighted by Crippen LogP contribution is -2.15. The van der Waals surface area contributed by atoms with Crippen molar-refractivity contribution >= 4 is 34.0 Å². The zero-order valence-corrected chi connectivity index (χ0v) is 17.1. The van der Waals surface area contributed by atoms with Crippen molar-refractivity contribution < 1.29 is 9.53 Å². The lowest BCUT2D eigenvalue weighted by Gasteiger charge is -2.12. The highest BCUT2D eigenvalue weighted by atomic mass is 16.5. The standard InChI is InChI=1S/C23H24N4O2/c1-5-15(4)29-23(28)19-20-22(26-18-9-7-6-8-17(18)25-20)27(21(19)24)16-11-13(2)10-14(3)12-16/h6-12,15H,5,24H2,1-4H3/t15-/m1/s1. The largest absolute Gasteiger partial charge is 0.459 e. The van der Waals surface area contributed by atoms with Gasteiger partial charge in [0.2, 0.25) is 0 Å². The van der Waals surface area contributed by atoms with Crippen LogP contribution in [0.4, 0.5) is 5.82 Å². The number of fused-ring (bicyclic) bond motifs is 2. The Morgan fingerprint density at radius 2 is 1.72 bits per heavy atom. The Labute approximate surface area is 169 Å². The number of anilines is 1. The Morgan fingerprint density at radius 1 is 1.10 bits per heavy atom. The molecule has 0 fully saturated rings. The molecule has 2 N–H and O–H groups in total. The van der Waals surface area contributed by atoms with Gasteiger partial charge in [0, 0.05) is 5.69 Å². The molecule has 6 nitrogen and oxygen atoms in total. The first-order chi connectivity index (χ1) is 13.9. The number of carbonyl (C=O) groups is 1. The molecule has 4 rings (SSSR count). The predicted molar refractivity (Wildman–Crippen MR) is 115 cm³/mol. The van der Waals surface area contributed by atoms with Crippen molar-refractivity contribution in [3.63, 3.8) is 0 Å². The minimum atomic E-state index is -0.477. The number of nitrogens with two attached hydrogens (primary N) is 1. The van der Waals surface area contributed by atoms with Gasteiger partial charge in [0.1, 0.15) is 16.9 Å². The maximum Gasteiger partial charge on any atom is 0.344 e. The zero-order chi connectivity index (χ0) is 20.7. The molecule has 0 radical (unpaired) electrons. The van der Waals surface area contributed by atoms with Gasteiger partial charge in [0.15, 0.2) is 5.65 Å². The first-order valence-electron chi connectivity index (χ1n) is 9.75. The number of carbonyl (C=O) groups excluding carboxylic acids is 1. The van der Waals surface area contributed by atoms with Crippen molar-refractivity contribution in [3.8, 4) is 5.69 Å². The molecule has 0 spiro atoms. The summed E-state index contributed by atoms with van der Waals surface area (Å²) in [5.41, 5.74) is 12.3. The molecule has 148 valence electrons. The number of hydrogen-bond acceptors (Lipinski definition) is 5. The predicted octanol–water partition coefficient (Wildman–Crippen LogP) is 4.73. The molecule has 6 heteroatoms. The Bertz CT molecular complexity index is 1220. The number of nitrogens with zero attached hydrogens (tertiary/aromatic N) is 3. The molecule has 0 aliphatic carbocycles. The Morgan fingerprint density at radius 3 is 2.34 bits per heavy atom. The van der Waals surface area contributed by atoms with Crippen LogP contribution in [0, 0.1) is 13.8 Å². The van der Waals surface area contributed by atoms with Crippen molar-refractivity contribution in [2.45, 2.75) is 40.2 Å². The minimum absolute atomic E-state index is 0.213. The second kappa shape index (κ2) is 7.20. The molecule has 0 unspecified atom stereocenters. The van der Waals surface area contributed by atoms with E-state index in [1.54, 1.807) is 4.57 Å². The molecule has 2 aromatic carbocycles. The van der Waals surface area contributed by atoms with Gasteiger partial charge in [-0.15, -0.1) is 0 Å². The minimum Gasteiger partial charge on any atom is -0.459 e. The van der Waals surface area contributed by atoms with E-state index in [0.29, 0.717) is 16.7 Å². The van der Waals surface area contributed by atoms with E-state index in [-0.39, 0.29) is 17.5 Å². The lowest BCUT2D eigenvalue weighted by molar-refractivity contribution is 0.0338. The van der Waals surface area contributed by atoms with E-state index in [1.807, 2.05) is 64.1 Å². The van der Waals surface area contributed by atoms with E-state index in [0.717, 1.165) is 28.8 Å². The first-order valence-corrected chi connectivity index (χ1v) is 9.75. The van der Waals surface area contributed by atoms with Gasteiger partial charge in [-0.25, -0.2) is 14.8 Å². The van der Waals surface area contributed by atoms with Gasteiger partial charge in [-0.1, -0.05) is 25.1 Å². The van der Waals surface area contributed by atoms with E-state index in [1.165, 1.54) is 0 Å². The van der Waals surface area contributed by atoms with Crippen LogP contribution < -0.4 is 5.73 Å². The normalized spacial score (nSPS) is 12.4. The summed E-state index contributed by atoms with van der Waals surface area (Å²) in [5, 5.41) is 0. The van der Waals surface area contributed by atoms with Crippen molar-refractivity contribution in [1.82, 2.24) is 14.5 Å². The van der Waals surface area contributed by atoms with Crippen LogP contribution >= 0.6 is 0 Å². The van der Waals surface area contributed by atoms with Gasteiger partial charge in [-0.05, 0) is 62.6 Å². The molecule has 0 bridgehead atoms. The van der Waals surface area contributed by atoms with E-state index in [9.17, 15) is 4.79 Å². The molecule has 0 saturated heterocycles. The quantitative estimate of drug-likeness (QED) is 0.511. The SMILES string of the molecule is CC[C@@H](C)OC(=O)c1c(N)n(-c2cc(C)cc(C)c2)c2nc3ccccc3nc12. The maximum absolute atomic E-state index is 13.0. The highest BCUT2D eigenvalue weighted by molar-refractivity contribution is 6.09. The van der Waals surface area contributed by atoms with Gasteiger partial charge in [-0.3, -0.25) is 4.57 Å². The molecule has 0 saturated carbocycles. The first kappa shape index (κ1) is 18.9. The number of nitrogen functional groups attached to an aromatic ring is 1. The number of aromatic nitrogens is 3.